The van der Waals surface area contributed by atoms with Crippen molar-refractivity contribution in [1.82, 2.24) is 19.9 Å². The van der Waals surface area contributed by atoms with Gasteiger partial charge in [-0.1, -0.05) is 18.2 Å². The van der Waals surface area contributed by atoms with Crippen LogP contribution in [0, 0.1) is 17.3 Å². The number of nitrogens with one attached hydrogen (secondary N) is 3. The Morgan fingerprint density at radius 2 is 1.63 bits per heavy atom. The highest BCUT2D eigenvalue weighted by molar-refractivity contribution is 7.90. The number of allylic oxidation sites excluding steroid dienone is 1. The SMILES string of the molecule is C=CC1CC(CNC(=O)C2CN(C(=O)OC(C)(C)C)C[C@H]2c2cc(C(F)(F)F)cc(C(F)(F)F)c2)(C(=O)NS(=O)(=O)c2cccc3cc[nH]c23)C1. The van der Waals surface area contributed by atoms with Crippen molar-refractivity contribution in [2.45, 2.75) is 62.4 Å². The number of para-hydroxylation sites is 1. The maximum absolute atomic E-state index is 13.8. The summed E-state index contributed by atoms with van der Waals surface area (Å²) in [5, 5.41) is 3.16. The van der Waals surface area contributed by atoms with Gasteiger partial charge in [0, 0.05) is 37.1 Å². The van der Waals surface area contributed by atoms with Crippen LogP contribution < -0.4 is 10.0 Å². The molecule has 3 N–H and O–H groups in total. The number of aromatic nitrogens is 1. The molecule has 2 aromatic carbocycles. The molecular weight excluding hydrogens is 706 g/mol. The Kier molecular flexibility index (Phi) is 9.77. The van der Waals surface area contributed by atoms with Gasteiger partial charge in [0.05, 0.1) is 28.0 Å². The van der Waals surface area contributed by atoms with Crippen molar-refractivity contribution in [2.75, 3.05) is 19.6 Å². The molecular formula is C34H36F6N4O6S. The molecule has 1 saturated carbocycles. The Morgan fingerprint density at radius 1 is 1.00 bits per heavy atom. The van der Waals surface area contributed by atoms with E-state index in [2.05, 4.69) is 21.6 Å². The monoisotopic (exact) mass is 742 g/mol. The molecule has 0 radical (unpaired) electrons. The Hall–Kier alpha value is -4.54. The Morgan fingerprint density at radius 3 is 2.20 bits per heavy atom. The topological polar surface area (TPSA) is 138 Å². The summed E-state index contributed by atoms with van der Waals surface area (Å²) < 4.78 is 117. The summed E-state index contributed by atoms with van der Waals surface area (Å²) in [5.41, 5.74) is -5.84. The van der Waals surface area contributed by atoms with Gasteiger partial charge >= 0.3 is 18.4 Å². The van der Waals surface area contributed by atoms with Crippen molar-refractivity contribution in [1.29, 1.82) is 0 Å². The van der Waals surface area contributed by atoms with Gasteiger partial charge in [0.2, 0.25) is 11.8 Å². The summed E-state index contributed by atoms with van der Waals surface area (Å²) >= 11 is 0. The lowest BCUT2D eigenvalue weighted by Crippen LogP contribution is -2.56. The molecule has 1 aromatic heterocycles. The molecule has 1 unspecified atom stereocenters. The van der Waals surface area contributed by atoms with E-state index in [-0.39, 0.29) is 35.2 Å². The number of carbonyl (C=O) groups excluding carboxylic acids is 3. The number of halogens is 6. The fourth-order valence-corrected chi connectivity index (χ4v) is 7.82. The Bertz CT molecular complexity index is 1930. The number of likely N-dealkylation sites (tertiary alicyclic amines) is 1. The minimum absolute atomic E-state index is 0.0293. The fourth-order valence-electron chi connectivity index (χ4n) is 6.55. The molecule has 51 heavy (non-hydrogen) atoms. The summed E-state index contributed by atoms with van der Waals surface area (Å²) in [4.78, 5) is 44.1. The number of hydrogen-bond acceptors (Lipinski definition) is 6. The van der Waals surface area contributed by atoms with Crippen LogP contribution in [-0.2, 0) is 36.7 Å². The second kappa shape index (κ2) is 13.2. The quantitative estimate of drug-likeness (QED) is 0.182. The standard InChI is InChI=1S/C34H36F6N4O6S/c1-5-19-14-32(15-19,29(46)43-51(48,49)26-8-6-7-20-9-10-41-27(20)26)18-42-28(45)25-17-44(30(47)50-31(2,3)4)16-24(25)21-11-22(33(35,36)37)13-23(12-21)34(38,39)40/h5-13,19,24-25,41H,1,14-18H2,2-4H3,(H,42,45)(H,43,46)/t19?,24-,25?,32?/m0/s1. The van der Waals surface area contributed by atoms with Gasteiger partial charge in [-0.2, -0.15) is 26.3 Å². The smallest absolute Gasteiger partial charge is 0.416 e. The first-order chi connectivity index (χ1) is 23.5. The lowest BCUT2D eigenvalue weighted by Gasteiger charge is -2.45. The number of amides is 3. The first-order valence-corrected chi connectivity index (χ1v) is 17.3. The van der Waals surface area contributed by atoms with Gasteiger partial charge in [0.1, 0.15) is 10.5 Å². The van der Waals surface area contributed by atoms with Crippen LogP contribution in [0.4, 0.5) is 31.1 Å². The van der Waals surface area contributed by atoms with Crippen molar-refractivity contribution in [3.8, 4) is 0 Å². The molecule has 5 rings (SSSR count). The fraction of sp³-hybridized carbons (Fsp3) is 0.441. The molecule has 0 bridgehead atoms. The van der Waals surface area contributed by atoms with Gasteiger partial charge in [-0.15, -0.1) is 6.58 Å². The van der Waals surface area contributed by atoms with Crippen LogP contribution in [0.25, 0.3) is 10.9 Å². The summed E-state index contributed by atoms with van der Waals surface area (Å²) in [6, 6.07) is 7.14. The predicted octanol–water partition coefficient (Wildman–Crippen LogP) is 6.36. The second-order valence-corrected chi connectivity index (χ2v) is 15.6. The number of alkyl halides is 6. The van der Waals surface area contributed by atoms with E-state index >= 15 is 0 Å². The second-order valence-electron chi connectivity index (χ2n) is 14.0. The van der Waals surface area contributed by atoms with Crippen LogP contribution in [0.3, 0.4) is 0 Å². The summed E-state index contributed by atoms with van der Waals surface area (Å²) in [5.74, 6) is -4.71. The third-order valence-corrected chi connectivity index (χ3v) is 10.5. The number of fused-ring (bicyclic) bond motifs is 1. The lowest BCUT2D eigenvalue weighted by atomic mass is 9.61. The van der Waals surface area contributed by atoms with Gasteiger partial charge in [-0.05, 0) is 75.4 Å². The van der Waals surface area contributed by atoms with E-state index in [1.807, 2.05) is 0 Å². The molecule has 0 spiro atoms. The number of H-pyrrole nitrogens is 1. The summed E-state index contributed by atoms with van der Waals surface area (Å²) in [6.45, 7) is 7.09. The lowest BCUT2D eigenvalue weighted by molar-refractivity contribution is -0.143. The summed E-state index contributed by atoms with van der Waals surface area (Å²) in [7, 11) is -4.41. The van der Waals surface area contributed by atoms with Gasteiger partial charge < -0.3 is 19.9 Å². The van der Waals surface area contributed by atoms with E-state index in [0.717, 1.165) is 4.90 Å². The molecule has 1 aliphatic carbocycles. The van der Waals surface area contributed by atoms with Crippen molar-refractivity contribution in [3.63, 3.8) is 0 Å². The zero-order chi connectivity index (χ0) is 37.7. The van der Waals surface area contributed by atoms with Gasteiger partial charge in [0.25, 0.3) is 10.0 Å². The number of ether oxygens (including phenoxy) is 1. The number of hydrogen-bond donors (Lipinski definition) is 3. The predicted molar refractivity (Wildman–Crippen MR) is 172 cm³/mol. The molecule has 3 aromatic rings. The number of benzene rings is 2. The molecule has 1 saturated heterocycles. The number of nitrogens with zero attached hydrogens (tertiary/aromatic N) is 1. The Labute approximate surface area is 289 Å². The molecule has 17 heteroatoms. The van der Waals surface area contributed by atoms with Crippen LogP contribution in [0.15, 0.2) is 66.2 Å². The molecule has 3 amide bonds. The minimum atomic E-state index is -5.16. The zero-order valence-corrected chi connectivity index (χ0v) is 28.6. The summed E-state index contributed by atoms with van der Waals surface area (Å²) in [6.07, 6.45) is -7.97. The molecule has 276 valence electrons. The first-order valence-electron chi connectivity index (χ1n) is 15.8. The number of aromatic amines is 1. The molecule has 1 aliphatic heterocycles. The van der Waals surface area contributed by atoms with Crippen LogP contribution >= 0.6 is 0 Å². The third-order valence-electron chi connectivity index (χ3n) is 9.13. The van der Waals surface area contributed by atoms with Crippen molar-refractivity contribution < 1.29 is 53.9 Å². The highest BCUT2D eigenvalue weighted by Crippen LogP contribution is 2.47. The molecule has 2 atom stereocenters. The van der Waals surface area contributed by atoms with Gasteiger partial charge in [-0.3, -0.25) is 9.59 Å². The number of sulfonamides is 1. The van der Waals surface area contributed by atoms with E-state index in [0.29, 0.717) is 17.5 Å². The van der Waals surface area contributed by atoms with E-state index in [1.165, 1.54) is 18.3 Å². The van der Waals surface area contributed by atoms with E-state index in [9.17, 15) is 49.1 Å². The molecule has 2 fully saturated rings. The zero-order valence-electron chi connectivity index (χ0n) is 27.7. The average molecular weight is 743 g/mol. The molecule has 10 nitrogen and oxygen atoms in total. The maximum Gasteiger partial charge on any atom is 0.416 e. The highest BCUT2D eigenvalue weighted by Gasteiger charge is 2.51. The average Bonchev–Trinajstić information content (AvgIpc) is 3.66. The number of rotatable bonds is 8. The van der Waals surface area contributed by atoms with E-state index < -0.39 is 99.5 Å². The minimum Gasteiger partial charge on any atom is -0.444 e. The van der Waals surface area contributed by atoms with Gasteiger partial charge in [-0.25, -0.2) is 17.9 Å². The van der Waals surface area contributed by atoms with E-state index in [1.54, 1.807) is 39.0 Å². The molecule has 2 heterocycles. The van der Waals surface area contributed by atoms with E-state index in [4.69, 9.17) is 4.74 Å². The highest BCUT2D eigenvalue weighted by atomic mass is 32.2. The molecule has 2 aliphatic rings. The maximum atomic E-state index is 13.8. The third kappa shape index (κ3) is 8.02. The van der Waals surface area contributed by atoms with Crippen LogP contribution in [0.2, 0.25) is 0 Å². The largest absolute Gasteiger partial charge is 0.444 e. The van der Waals surface area contributed by atoms with Crippen LogP contribution in [-0.4, -0.2) is 61.4 Å². The normalized spacial score (nSPS) is 22.7. The van der Waals surface area contributed by atoms with Crippen molar-refractivity contribution >= 4 is 38.8 Å². The number of carbonyl (C=O) groups is 3. The van der Waals surface area contributed by atoms with Crippen molar-refractivity contribution in [3.05, 3.63) is 78.0 Å². The Balaban J connectivity index is 1.43. The van der Waals surface area contributed by atoms with Crippen molar-refractivity contribution in [2.24, 2.45) is 17.3 Å². The van der Waals surface area contributed by atoms with Crippen LogP contribution in [0.5, 0.6) is 0 Å². The van der Waals surface area contributed by atoms with Crippen LogP contribution in [0.1, 0.15) is 56.2 Å². The first kappa shape index (κ1) is 37.7. The van der Waals surface area contributed by atoms with Gasteiger partial charge in [0.15, 0.2) is 0 Å².